The number of hydrogen-bond donors (Lipinski definition) is 0. The Morgan fingerprint density at radius 1 is 0.806 bits per heavy atom. The standard InChI is InChI=1S/C26H24O5/c1-18-13-14-19(2)22(15-18)17-29-26(30-24(27)25(28)31-26)16-23(20-9-5-3-6-10-20)21-11-7-4-8-12-21/h3-15,23H,16-17H2,1-2H3. The lowest BCUT2D eigenvalue weighted by atomic mass is 9.87. The van der Waals surface area contributed by atoms with E-state index in [-0.39, 0.29) is 18.9 Å². The van der Waals surface area contributed by atoms with Crippen LogP contribution in [0.4, 0.5) is 0 Å². The van der Waals surface area contributed by atoms with Gasteiger partial charge in [-0.05, 0) is 36.1 Å². The summed E-state index contributed by atoms with van der Waals surface area (Å²) in [4.78, 5) is 24.0. The second kappa shape index (κ2) is 8.74. The fourth-order valence-electron chi connectivity index (χ4n) is 3.78. The molecule has 31 heavy (non-hydrogen) atoms. The molecule has 0 atom stereocenters. The Balaban J connectivity index is 1.67. The van der Waals surface area contributed by atoms with Gasteiger partial charge in [-0.15, -0.1) is 0 Å². The van der Waals surface area contributed by atoms with E-state index in [9.17, 15) is 9.59 Å². The van der Waals surface area contributed by atoms with Crippen molar-refractivity contribution < 1.29 is 23.8 Å². The summed E-state index contributed by atoms with van der Waals surface area (Å²) in [5, 5.41) is 0. The summed E-state index contributed by atoms with van der Waals surface area (Å²) in [6.07, 6.45) is 0.142. The van der Waals surface area contributed by atoms with Gasteiger partial charge in [-0.2, -0.15) is 0 Å². The summed E-state index contributed by atoms with van der Waals surface area (Å²) in [7, 11) is 0. The zero-order chi connectivity index (χ0) is 21.8. The van der Waals surface area contributed by atoms with Crippen LogP contribution < -0.4 is 0 Å². The predicted octanol–water partition coefficient (Wildman–Crippen LogP) is 4.80. The van der Waals surface area contributed by atoms with Crippen LogP contribution in [-0.4, -0.2) is 17.9 Å². The number of carbonyl (C=O) groups excluding carboxylic acids is 2. The van der Waals surface area contributed by atoms with Gasteiger partial charge in [0.2, 0.25) is 0 Å². The van der Waals surface area contributed by atoms with Crippen LogP contribution in [0.1, 0.15) is 40.2 Å². The number of benzene rings is 3. The molecule has 0 radical (unpaired) electrons. The topological polar surface area (TPSA) is 61.8 Å². The molecule has 1 aliphatic rings. The third-order valence-electron chi connectivity index (χ3n) is 5.47. The highest BCUT2D eigenvalue weighted by Crippen LogP contribution is 2.38. The molecule has 0 bridgehead atoms. The van der Waals surface area contributed by atoms with Gasteiger partial charge in [0.05, 0.1) is 13.0 Å². The molecule has 5 heteroatoms. The molecule has 0 spiro atoms. The van der Waals surface area contributed by atoms with Crippen molar-refractivity contribution in [3.05, 3.63) is 107 Å². The van der Waals surface area contributed by atoms with Gasteiger partial charge in [0.15, 0.2) is 0 Å². The summed E-state index contributed by atoms with van der Waals surface area (Å²) in [5.41, 5.74) is 5.07. The van der Waals surface area contributed by atoms with Crippen molar-refractivity contribution in [2.24, 2.45) is 0 Å². The first-order valence-electron chi connectivity index (χ1n) is 10.2. The minimum absolute atomic E-state index is 0.142. The van der Waals surface area contributed by atoms with E-state index < -0.39 is 17.9 Å². The van der Waals surface area contributed by atoms with Crippen LogP contribution in [0.15, 0.2) is 78.9 Å². The van der Waals surface area contributed by atoms with E-state index >= 15 is 0 Å². The molecule has 5 nitrogen and oxygen atoms in total. The van der Waals surface area contributed by atoms with E-state index in [0.29, 0.717) is 0 Å². The monoisotopic (exact) mass is 416 g/mol. The summed E-state index contributed by atoms with van der Waals surface area (Å²) < 4.78 is 16.8. The maximum atomic E-state index is 12.0. The number of hydrogen-bond acceptors (Lipinski definition) is 5. The normalized spacial score (nSPS) is 15.1. The van der Waals surface area contributed by atoms with E-state index in [2.05, 4.69) is 0 Å². The van der Waals surface area contributed by atoms with Gasteiger partial charge in [-0.3, -0.25) is 0 Å². The maximum Gasteiger partial charge on any atom is 0.422 e. The molecule has 3 aromatic rings. The highest BCUT2D eigenvalue weighted by Gasteiger charge is 2.52. The van der Waals surface area contributed by atoms with Crippen LogP contribution in [0.25, 0.3) is 0 Å². The average molecular weight is 416 g/mol. The Hall–Kier alpha value is -3.44. The minimum Gasteiger partial charge on any atom is -0.389 e. The number of carbonyl (C=O) groups is 2. The molecular formula is C26H24O5. The third kappa shape index (κ3) is 4.67. The molecule has 1 heterocycles. The molecule has 0 unspecified atom stereocenters. The molecule has 0 amide bonds. The van der Waals surface area contributed by atoms with E-state index in [1.807, 2.05) is 92.7 Å². The SMILES string of the molecule is Cc1ccc(C)c(COC2(CC(c3ccccc3)c3ccccc3)OC(=O)C(=O)O2)c1. The highest BCUT2D eigenvalue weighted by molar-refractivity contribution is 6.31. The third-order valence-corrected chi connectivity index (χ3v) is 5.47. The summed E-state index contributed by atoms with van der Waals surface area (Å²) in [6.45, 7) is 4.12. The van der Waals surface area contributed by atoms with Crippen molar-refractivity contribution in [3.8, 4) is 0 Å². The molecule has 0 N–H and O–H groups in total. The van der Waals surface area contributed by atoms with Crippen LogP contribution in [0.3, 0.4) is 0 Å². The number of aryl methyl sites for hydroxylation is 2. The summed E-state index contributed by atoms with van der Waals surface area (Å²) >= 11 is 0. The average Bonchev–Trinajstić information content (AvgIpc) is 3.07. The summed E-state index contributed by atoms with van der Waals surface area (Å²) in [5.74, 6) is -4.08. The molecule has 1 saturated heterocycles. The molecule has 158 valence electrons. The van der Waals surface area contributed by atoms with Crippen LogP contribution >= 0.6 is 0 Å². The Labute approximate surface area is 181 Å². The maximum absolute atomic E-state index is 12.0. The minimum atomic E-state index is -1.79. The first-order chi connectivity index (χ1) is 15.0. The van der Waals surface area contributed by atoms with Crippen molar-refractivity contribution in [2.45, 2.75) is 38.8 Å². The van der Waals surface area contributed by atoms with Crippen LogP contribution in [0, 0.1) is 13.8 Å². The van der Waals surface area contributed by atoms with Crippen LogP contribution in [0.5, 0.6) is 0 Å². The van der Waals surface area contributed by atoms with Gasteiger partial charge < -0.3 is 14.2 Å². The molecule has 0 aromatic heterocycles. The van der Waals surface area contributed by atoms with E-state index in [1.165, 1.54) is 0 Å². The number of ether oxygens (including phenoxy) is 3. The second-order valence-corrected chi connectivity index (χ2v) is 7.76. The van der Waals surface area contributed by atoms with Crippen molar-refractivity contribution in [2.75, 3.05) is 0 Å². The first-order valence-corrected chi connectivity index (χ1v) is 10.2. The first kappa shape index (κ1) is 20.8. The molecular weight excluding hydrogens is 392 g/mol. The smallest absolute Gasteiger partial charge is 0.389 e. The Kier molecular flexibility index (Phi) is 5.87. The lowest BCUT2D eigenvalue weighted by molar-refractivity contribution is -0.326. The number of rotatable bonds is 7. The van der Waals surface area contributed by atoms with Gasteiger partial charge in [0.1, 0.15) is 0 Å². The van der Waals surface area contributed by atoms with E-state index in [4.69, 9.17) is 14.2 Å². The lowest BCUT2D eigenvalue weighted by Crippen LogP contribution is -2.36. The van der Waals surface area contributed by atoms with Crippen molar-refractivity contribution in [1.29, 1.82) is 0 Å². The second-order valence-electron chi connectivity index (χ2n) is 7.76. The van der Waals surface area contributed by atoms with Crippen molar-refractivity contribution in [1.82, 2.24) is 0 Å². The molecule has 1 aliphatic heterocycles. The molecule has 0 saturated carbocycles. The van der Waals surface area contributed by atoms with Crippen LogP contribution in [0.2, 0.25) is 0 Å². The van der Waals surface area contributed by atoms with Gasteiger partial charge in [0.25, 0.3) is 0 Å². The number of cyclic esters (lactones) is 2. The molecule has 0 aliphatic carbocycles. The fraction of sp³-hybridized carbons (Fsp3) is 0.231. The quantitative estimate of drug-likeness (QED) is 0.409. The highest BCUT2D eigenvalue weighted by atomic mass is 16.9. The Bertz CT molecular complexity index is 1020. The van der Waals surface area contributed by atoms with Crippen molar-refractivity contribution >= 4 is 11.9 Å². The zero-order valence-electron chi connectivity index (χ0n) is 17.5. The van der Waals surface area contributed by atoms with Crippen LogP contribution in [-0.2, 0) is 30.4 Å². The number of esters is 2. The molecule has 1 fully saturated rings. The predicted molar refractivity (Wildman–Crippen MR) is 115 cm³/mol. The van der Waals surface area contributed by atoms with Gasteiger partial charge in [-0.1, -0.05) is 84.4 Å². The largest absolute Gasteiger partial charge is 0.422 e. The van der Waals surface area contributed by atoms with Gasteiger partial charge in [-0.25, -0.2) is 9.59 Å². The summed E-state index contributed by atoms with van der Waals surface area (Å²) in [6, 6.07) is 25.7. The van der Waals surface area contributed by atoms with E-state index in [0.717, 1.165) is 27.8 Å². The zero-order valence-corrected chi connectivity index (χ0v) is 17.5. The Morgan fingerprint density at radius 3 is 1.90 bits per heavy atom. The lowest BCUT2D eigenvalue weighted by Gasteiger charge is -2.30. The van der Waals surface area contributed by atoms with Gasteiger partial charge >= 0.3 is 17.9 Å². The molecule has 4 rings (SSSR count). The van der Waals surface area contributed by atoms with E-state index in [1.54, 1.807) is 0 Å². The van der Waals surface area contributed by atoms with Gasteiger partial charge in [0, 0.05) is 5.92 Å². The fourth-order valence-corrected chi connectivity index (χ4v) is 3.78. The van der Waals surface area contributed by atoms with Crippen molar-refractivity contribution in [3.63, 3.8) is 0 Å². The Morgan fingerprint density at radius 2 is 1.35 bits per heavy atom. The molecule has 3 aromatic carbocycles.